The van der Waals surface area contributed by atoms with Crippen LogP contribution in [-0.4, -0.2) is 68.6 Å². The van der Waals surface area contributed by atoms with E-state index in [-0.39, 0.29) is 19.7 Å². The highest BCUT2D eigenvalue weighted by molar-refractivity contribution is 7.93. The zero-order valence-electron chi connectivity index (χ0n) is 10.0. The summed E-state index contributed by atoms with van der Waals surface area (Å²) in [5.74, 6) is -0.488. The second kappa shape index (κ2) is 4.91. The molecule has 1 aliphatic heterocycles. The van der Waals surface area contributed by atoms with Gasteiger partial charge in [-0.2, -0.15) is 0 Å². The van der Waals surface area contributed by atoms with E-state index in [1.807, 2.05) is 0 Å². The number of rotatable bonds is 6. The summed E-state index contributed by atoms with van der Waals surface area (Å²) in [5, 5.41) is 7.98. The van der Waals surface area contributed by atoms with Gasteiger partial charge < -0.3 is 14.7 Å². The number of hydrogen-bond donors (Lipinski definition) is 2. The summed E-state index contributed by atoms with van der Waals surface area (Å²) in [4.78, 5) is 11.6. The molecule has 1 heterocycles. The van der Waals surface area contributed by atoms with Gasteiger partial charge in [0, 0.05) is 13.1 Å². The first-order valence-corrected chi connectivity index (χ1v) is 8.60. The number of nitrogens with zero attached hydrogens (tertiary/aromatic N) is 1. The molecule has 0 aromatic carbocycles. The predicted molar refractivity (Wildman–Crippen MR) is 65.4 cm³/mol. The van der Waals surface area contributed by atoms with Crippen molar-refractivity contribution >= 4 is 26.6 Å². The van der Waals surface area contributed by atoms with Crippen LogP contribution in [0.2, 0.25) is 0 Å². The molecule has 0 radical (unpaired) electrons. The molecule has 0 aromatic rings. The quantitative estimate of drug-likeness (QED) is 0.596. The van der Waals surface area contributed by atoms with Gasteiger partial charge in [0.15, 0.2) is 20.5 Å². The minimum Gasteiger partial charge on any atom is -0.465 e. The topological polar surface area (TPSA) is 118 Å². The molecule has 8 nitrogen and oxygen atoms in total. The lowest BCUT2D eigenvalue weighted by molar-refractivity contribution is 0.118. The van der Waals surface area contributed by atoms with E-state index in [1.54, 1.807) is 0 Å². The zero-order chi connectivity index (χ0) is 14.3. The third-order valence-corrected chi connectivity index (χ3v) is 6.83. The number of ether oxygens (including phenoxy) is 1. The van der Waals surface area contributed by atoms with E-state index in [0.29, 0.717) is 12.8 Å². The second-order valence-corrected chi connectivity index (χ2v) is 8.39. The molecule has 0 atom stereocenters. The zero-order valence-corrected chi connectivity index (χ0v) is 11.7. The summed E-state index contributed by atoms with van der Waals surface area (Å²) in [6, 6.07) is 0. The molecule has 19 heavy (non-hydrogen) atoms. The number of likely N-dealkylation sites (tertiary alicyclic amines) is 1. The summed E-state index contributed by atoms with van der Waals surface area (Å²) in [6.45, 7) is -0.174. The average Bonchev–Trinajstić information content (AvgIpc) is 2.94. The molecule has 1 saturated carbocycles. The van der Waals surface area contributed by atoms with Crippen LogP contribution in [0.15, 0.2) is 0 Å². The van der Waals surface area contributed by atoms with E-state index in [2.05, 4.69) is 0 Å². The third kappa shape index (κ3) is 2.70. The molecule has 1 amide bonds. The molecular weight excluding hydrogens is 298 g/mol. The van der Waals surface area contributed by atoms with E-state index in [4.69, 9.17) is 9.84 Å². The highest BCUT2D eigenvalue weighted by Crippen LogP contribution is 2.47. The highest BCUT2D eigenvalue weighted by Gasteiger charge is 2.59. The van der Waals surface area contributed by atoms with Gasteiger partial charge in [0.2, 0.25) is 0 Å². The maximum atomic E-state index is 12.3. The minimum absolute atomic E-state index is 0.0186. The van der Waals surface area contributed by atoms with Crippen LogP contribution in [0.25, 0.3) is 0 Å². The van der Waals surface area contributed by atoms with Gasteiger partial charge in [-0.1, -0.05) is 0 Å². The summed E-state index contributed by atoms with van der Waals surface area (Å²) in [6.07, 6.45) is -0.251. The number of amides is 1. The van der Waals surface area contributed by atoms with Crippen molar-refractivity contribution < 1.29 is 31.5 Å². The predicted octanol–water partition coefficient (Wildman–Crippen LogP) is -1.12. The van der Waals surface area contributed by atoms with Crippen molar-refractivity contribution in [2.24, 2.45) is 0 Å². The summed E-state index contributed by atoms with van der Waals surface area (Å²) in [5.41, 5.74) is 0. The van der Waals surface area contributed by atoms with Crippen molar-refractivity contribution in [3.8, 4) is 0 Å². The molecule has 2 rings (SSSR count). The molecule has 1 N–H and O–H groups in total. The maximum absolute atomic E-state index is 12.3. The number of thiol groups is 1. The number of carboxylic acid groups (broad SMARTS) is 1. The smallest absolute Gasteiger partial charge is 0.407 e. The fourth-order valence-corrected chi connectivity index (χ4v) is 4.72. The van der Waals surface area contributed by atoms with Crippen molar-refractivity contribution in [3.05, 3.63) is 0 Å². The first-order chi connectivity index (χ1) is 8.78. The van der Waals surface area contributed by atoms with Crippen molar-refractivity contribution in [2.45, 2.75) is 22.8 Å². The Morgan fingerprint density at radius 2 is 1.95 bits per heavy atom. The average molecular weight is 313 g/mol. The van der Waals surface area contributed by atoms with E-state index < -0.39 is 42.6 Å². The lowest BCUT2D eigenvalue weighted by atomic mass is 10.2. The first-order valence-electron chi connectivity index (χ1n) is 5.69. The monoisotopic (exact) mass is 313 g/mol. The molecule has 2 fully saturated rings. The van der Waals surface area contributed by atoms with Gasteiger partial charge in [0.1, 0.15) is 5.94 Å². The Kier molecular flexibility index (Phi) is 3.76. The molecule has 1 saturated heterocycles. The molecule has 1 aliphatic carbocycles. The van der Waals surface area contributed by atoms with Crippen LogP contribution in [0.4, 0.5) is 4.79 Å². The number of sulfone groups is 1. The first kappa shape index (κ1) is 14.5. The van der Waals surface area contributed by atoms with E-state index >= 15 is 0 Å². The highest BCUT2D eigenvalue weighted by atomic mass is 32.2. The lowest BCUT2D eigenvalue weighted by Gasteiger charge is -2.38. The largest absolute Gasteiger partial charge is 0.465 e. The van der Waals surface area contributed by atoms with Gasteiger partial charge in [0.25, 0.3) is 0 Å². The molecule has 0 bridgehead atoms. The third-order valence-electron chi connectivity index (χ3n) is 3.53. The van der Waals surface area contributed by atoms with E-state index in [1.165, 1.54) is 0 Å². The molecule has 2 aliphatic rings. The SMILES string of the molecule is O=C(O)N1CC(S(=O)(=O)C2(COC[SH](=O)=O)CC2)C1. The fraction of sp³-hybridized carbons (Fsp3) is 0.889. The molecule has 110 valence electrons. The molecule has 10 heteroatoms. The fourth-order valence-electron chi connectivity index (χ4n) is 2.10. The Labute approximate surface area is 112 Å². The van der Waals surface area contributed by atoms with Crippen LogP contribution in [-0.2, 0) is 25.3 Å². The van der Waals surface area contributed by atoms with E-state index in [9.17, 15) is 21.6 Å². The van der Waals surface area contributed by atoms with Crippen LogP contribution >= 0.6 is 0 Å². The van der Waals surface area contributed by atoms with Gasteiger partial charge in [-0.3, -0.25) is 0 Å². The Morgan fingerprint density at radius 3 is 2.37 bits per heavy atom. The normalized spacial score (nSPS) is 22.3. The van der Waals surface area contributed by atoms with Crippen LogP contribution in [0.5, 0.6) is 0 Å². The summed E-state index contributed by atoms with van der Waals surface area (Å²) < 4.78 is 49.2. The van der Waals surface area contributed by atoms with Gasteiger partial charge in [-0.25, -0.2) is 21.6 Å². The minimum atomic E-state index is -3.48. The van der Waals surface area contributed by atoms with Gasteiger partial charge >= 0.3 is 6.09 Å². The van der Waals surface area contributed by atoms with E-state index in [0.717, 1.165) is 4.90 Å². The maximum Gasteiger partial charge on any atom is 0.407 e. The standard InChI is InChI=1S/C9H15NO7S2/c11-8(12)10-3-7(4-10)19(15,16)9(1-2-9)5-17-6-18(13)14/h7,18H,1-6H2,(H,11,12). The molecular formula is C9H15NO7S2. The Hall–Kier alpha value is -0.870. The van der Waals surface area contributed by atoms with Gasteiger partial charge in [-0.05, 0) is 12.8 Å². The lowest BCUT2D eigenvalue weighted by Crippen LogP contribution is -2.59. The van der Waals surface area contributed by atoms with Crippen molar-refractivity contribution in [3.63, 3.8) is 0 Å². The van der Waals surface area contributed by atoms with Crippen molar-refractivity contribution in [1.29, 1.82) is 0 Å². The molecule has 0 unspecified atom stereocenters. The van der Waals surface area contributed by atoms with Crippen molar-refractivity contribution in [2.75, 3.05) is 25.6 Å². The van der Waals surface area contributed by atoms with Gasteiger partial charge in [0.05, 0.1) is 16.6 Å². The Morgan fingerprint density at radius 1 is 1.37 bits per heavy atom. The van der Waals surface area contributed by atoms with Crippen LogP contribution in [0.1, 0.15) is 12.8 Å². The Bertz CT molecular complexity index is 535. The van der Waals surface area contributed by atoms with Gasteiger partial charge in [-0.15, -0.1) is 0 Å². The summed E-state index contributed by atoms with van der Waals surface area (Å²) >= 11 is 0. The van der Waals surface area contributed by atoms with Crippen molar-refractivity contribution in [1.82, 2.24) is 4.90 Å². The molecule has 0 aromatic heterocycles. The number of carbonyl (C=O) groups is 1. The second-order valence-electron chi connectivity index (χ2n) is 4.85. The summed E-state index contributed by atoms with van der Waals surface area (Å²) in [7, 11) is -6.17. The van der Waals surface area contributed by atoms with Crippen LogP contribution < -0.4 is 0 Å². The Balaban J connectivity index is 1.95. The van der Waals surface area contributed by atoms with Crippen LogP contribution in [0, 0.1) is 0 Å². The van der Waals surface area contributed by atoms with Crippen LogP contribution in [0.3, 0.4) is 0 Å². The molecule has 0 spiro atoms. The number of hydrogen-bond acceptors (Lipinski definition) is 6.